The third-order valence-corrected chi connectivity index (χ3v) is 4.17. The summed E-state index contributed by atoms with van der Waals surface area (Å²) in [7, 11) is 0. The zero-order chi connectivity index (χ0) is 12.5. The highest BCUT2D eigenvalue weighted by Gasteiger charge is 2.34. The largest absolute Gasteiger partial charge is 0.481 e. The lowest BCUT2D eigenvalue weighted by molar-refractivity contribution is -0.147. The molecule has 94 valence electrons. The van der Waals surface area contributed by atoms with Crippen LogP contribution in [-0.2, 0) is 26.5 Å². The Morgan fingerprint density at radius 2 is 2.18 bits per heavy atom. The molecule has 2 heterocycles. The van der Waals surface area contributed by atoms with Crippen molar-refractivity contribution in [3.05, 3.63) is 21.9 Å². The highest BCUT2D eigenvalue weighted by Crippen LogP contribution is 2.36. The van der Waals surface area contributed by atoms with Gasteiger partial charge in [-0.1, -0.05) is 6.92 Å². The maximum atomic E-state index is 10.8. The second-order valence-electron chi connectivity index (χ2n) is 4.35. The maximum Gasteiger partial charge on any atom is 0.306 e. The number of hydrogen-bond donors (Lipinski definition) is 1. The van der Waals surface area contributed by atoms with Crippen LogP contribution in [0.15, 0.2) is 12.1 Å². The first kappa shape index (κ1) is 12.5. The van der Waals surface area contributed by atoms with Crippen LogP contribution in [-0.4, -0.2) is 24.3 Å². The van der Waals surface area contributed by atoms with Crippen LogP contribution >= 0.6 is 11.3 Å². The van der Waals surface area contributed by atoms with Gasteiger partial charge in [0.05, 0.1) is 24.0 Å². The third-order valence-electron chi connectivity index (χ3n) is 2.88. The van der Waals surface area contributed by atoms with Crippen LogP contribution < -0.4 is 0 Å². The molecule has 1 atom stereocenters. The minimum atomic E-state index is -0.764. The first-order valence-corrected chi connectivity index (χ1v) is 6.43. The van der Waals surface area contributed by atoms with E-state index < -0.39 is 11.8 Å². The number of hydrogen-bond acceptors (Lipinski definition) is 4. The van der Waals surface area contributed by atoms with Crippen molar-refractivity contribution < 1.29 is 19.4 Å². The molecule has 1 aliphatic rings. The monoisotopic (exact) mass is 256 g/mol. The molecule has 1 unspecified atom stereocenters. The molecule has 1 saturated heterocycles. The Labute approximate surface area is 104 Å². The van der Waals surface area contributed by atoms with Crippen molar-refractivity contribution in [3.8, 4) is 0 Å². The number of aliphatic carboxylic acids is 1. The summed E-state index contributed by atoms with van der Waals surface area (Å²) in [5.41, 5.74) is 0. The molecule has 0 bridgehead atoms. The molecule has 1 aliphatic heterocycles. The van der Waals surface area contributed by atoms with Crippen molar-refractivity contribution in [2.45, 2.75) is 26.1 Å². The van der Waals surface area contributed by atoms with Gasteiger partial charge in [-0.15, -0.1) is 11.3 Å². The molecule has 5 heteroatoms. The average Bonchev–Trinajstić information content (AvgIpc) is 2.88. The number of carboxylic acids is 1. The molecule has 1 aromatic heterocycles. The predicted octanol–water partition coefficient (Wildman–Crippen LogP) is 2.23. The van der Waals surface area contributed by atoms with Gasteiger partial charge in [-0.25, -0.2) is 0 Å². The summed E-state index contributed by atoms with van der Waals surface area (Å²) in [6.07, 6.45) is 0.552. The zero-order valence-corrected chi connectivity index (χ0v) is 10.8. The van der Waals surface area contributed by atoms with Gasteiger partial charge in [0.2, 0.25) is 5.79 Å². The Morgan fingerprint density at radius 1 is 1.53 bits per heavy atom. The molecule has 4 nitrogen and oxygen atoms in total. The minimum Gasteiger partial charge on any atom is -0.481 e. The molecule has 0 saturated carbocycles. The Hall–Kier alpha value is -0.910. The van der Waals surface area contributed by atoms with Crippen molar-refractivity contribution in [2.24, 2.45) is 5.92 Å². The lowest BCUT2D eigenvalue weighted by atomic mass is 10.1. The molecule has 1 N–H and O–H groups in total. The molecule has 0 aromatic carbocycles. The van der Waals surface area contributed by atoms with Crippen molar-refractivity contribution in [1.82, 2.24) is 0 Å². The van der Waals surface area contributed by atoms with Gasteiger partial charge in [0.15, 0.2) is 0 Å². The van der Waals surface area contributed by atoms with E-state index in [1.165, 1.54) is 0 Å². The summed E-state index contributed by atoms with van der Waals surface area (Å²) >= 11 is 1.56. The van der Waals surface area contributed by atoms with Gasteiger partial charge in [-0.2, -0.15) is 0 Å². The summed E-state index contributed by atoms with van der Waals surface area (Å²) in [5, 5.41) is 8.87. The molecule has 0 amide bonds. The van der Waals surface area contributed by atoms with E-state index in [0.717, 1.165) is 9.75 Å². The van der Waals surface area contributed by atoms with Crippen molar-refractivity contribution in [1.29, 1.82) is 0 Å². The highest BCUT2D eigenvalue weighted by molar-refractivity contribution is 7.12. The Balaban J connectivity index is 2.08. The van der Waals surface area contributed by atoms with Crippen molar-refractivity contribution in [3.63, 3.8) is 0 Å². The number of carbonyl (C=O) groups is 1. The third kappa shape index (κ3) is 2.68. The van der Waals surface area contributed by atoms with Gasteiger partial charge in [-0.3, -0.25) is 4.79 Å². The SMILES string of the molecule is CC(Cc1ccc(C2(C)OCCO2)s1)C(=O)O. The standard InChI is InChI=1S/C12H16O4S/c1-8(11(13)14)7-9-3-4-10(17-9)12(2)15-5-6-16-12/h3-4,8H,5-7H2,1-2H3,(H,13,14). The first-order valence-electron chi connectivity index (χ1n) is 5.61. The Bertz CT molecular complexity index is 406. The van der Waals surface area contributed by atoms with E-state index >= 15 is 0 Å². The van der Waals surface area contributed by atoms with Crippen LogP contribution in [0.5, 0.6) is 0 Å². The summed E-state index contributed by atoms with van der Waals surface area (Å²) < 4.78 is 11.1. The van der Waals surface area contributed by atoms with E-state index in [0.29, 0.717) is 19.6 Å². The summed E-state index contributed by atoms with van der Waals surface area (Å²) in [4.78, 5) is 12.8. The molecule has 0 aliphatic carbocycles. The molecule has 2 rings (SSSR count). The predicted molar refractivity (Wildman–Crippen MR) is 64.1 cm³/mol. The molecular formula is C12H16O4S. The lowest BCUT2D eigenvalue weighted by Crippen LogP contribution is -2.20. The number of ether oxygens (including phenoxy) is 2. The molecule has 0 spiro atoms. The maximum absolute atomic E-state index is 10.8. The van der Waals surface area contributed by atoms with E-state index in [2.05, 4.69) is 0 Å². The zero-order valence-electron chi connectivity index (χ0n) is 9.93. The molecule has 17 heavy (non-hydrogen) atoms. The normalized spacial score (nSPS) is 20.4. The van der Waals surface area contributed by atoms with Crippen LogP contribution in [0.4, 0.5) is 0 Å². The first-order chi connectivity index (χ1) is 8.01. The quantitative estimate of drug-likeness (QED) is 0.897. The van der Waals surface area contributed by atoms with Gasteiger partial charge < -0.3 is 14.6 Å². The van der Waals surface area contributed by atoms with Crippen LogP contribution in [0.3, 0.4) is 0 Å². The Morgan fingerprint density at radius 3 is 2.76 bits per heavy atom. The topological polar surface area (TPSA) is 55.8 Å². The van der Waals surface area contributed by atoms with Gasteiger partial charge in [-0.05, 0) is 25.5 Å². The highest BCUT2D eigenvalue weighted by atomic mass is 32.1. The lowest BCUT2D eigenvalue weighted by Gasteiger charge is -2.20. The smallest absolute Gasteiger partial charge is 0.306 e. The van der Waals surface area contributed by atoms with Crippen molar-refractivity contribution in [2.75, 3.05) is 13.2 Å². The molecule has 1 fully saturated rings. The van der Waals surface area contributed by atoms with E-state index in [1.54, 1.807) is 18.3 Å². The molecule has 1 aromatic rings. The average molecular weight is 256 g/mol. The number of rotatable bonds is 4. The second kappa shape index (κ2) is 4.76. The summed E-state index contributed by atoms with van der Waals surface area (Å²) in [6.45, 7) is 4.83. The fourth-order valence-electron chi connectivity index (χ4n) is 1.78. The van der Waals surface area contributed by atoms with Crippen molar-refractivity contribution >= 4 is 17.3 Å². The molecule has 0 radical (unpaired) electrons. The fourth-order valence-corrected chi connectivity index (χ4v) is 2.97. The minimum absolute atomic E-state index is 0.361. The van der Waals surface area contributed by atoms with E-state index in [-0.39, 0.29) is 5.92 Å². The number of carboxylic acid groups (broad SMARTS) is 1. The van der Waals surface area contributed by atoms with Gasteiger partial charge >= 0.3 is 5.97 Å². The summed E-state index contributed by atoms with van der Waals surface area (Å²) in [5.74, 6) is -1.77. The van der Waals surface area contributed by atoms with E-state index in [4.69, 9.17) is 14.6 Å². The van der Waals surface area contributed by atoms with Crippen LogP contribution in [0.25, 0.3) is 0 Å². The Kier molecular flexibility index (Phi) is 3.51. The second-order valence-corrected chi connectivity index (χ2v) is 5.52. The fraction of sp³-hybridized carbons (Fsp3) is 0.583. The van der Waals surface area contributed by atoms with Crippen LogP contribution in [0, 0.1) is 5.92 Å². The van der Waals surface area contributed by atoms with Gasteiger partial charge in [0, 0.05) is 4.88 Å². The number of thiophene rings is 1. The van der Waals surface area contributed by atoms with E-state index in [1.807, 2.05) is 19.1 Å². The van der Waals surface area contributed by atoms with Crippen LogP contribution in [0.1, 0.15) is 23.6 Å². The van der Waals surface area contributed by atoms with Crippen LogP contribution in [0.2, 0.25) is 0 Å². The van der Waals surface area contributed by atoms with Gasteiger partial charge in [0.1, 0.15) is 0 Å². The molecular weight excluding hydrogens is 240 g/mol. The van der Waals surface area contributed by atoms with E-state index in [9.17, 15) is 4.79 Å². The van der Waals surface area contributed by atoms with Gasteiger partial charge in [0.25, 0.3) is 0 Å². The summed E-state index contributed by atoms with van der Waals surface area (Å²) in [6, 6.07) is 3.91.